The summed E-state index contributed by atoms with van der Waals surface area (Å²) in [5.41, 5.74) is 2.79. The molecule has 0 heterocycles. The third-order valence-electron chi connectivity index (χ3n) is 5.09. The summed E-state index contributed by atoms with van der Waals surface area (Å²) in [6.45, 7) is 7.73. The number of aryl methyl sites for hydroxylation is 1. The number of hydrogen-bond donors (Lipinski definition) is 0. The van der Waals surface area contributed by atoms with Crippen LogP contribution < -0.4 is 0 Å². The van der Waals surface area contributed by atoms with Crippen molar-refractivity contribution >= 4 is 12.1 Å². The number of carbonyl (C=O) groups excluding carboxylic acids is 2. The van der Waals surface area contributed by atoms with Crippen LogP contribution in [0.15, 0.2) is 54.6 Å². The molecule has 3 atom stereocenters. The lowest BCUT2D eigenvalue weighted by Gasteiger charge is -2.29. The Morgan fingerprint density at radius 3 is 2.07 bits per heavy atom. The van der Waals surface area contributed by atoms with Gasteiger partial charge in [0.1, 0.15) is 12.2 Å². The van der Waals surface area contributed by atoms with Crippen molar-refractivity contribution in [1.82, 2.24) is 0 Å². The molecule has 0 fully saturated rings. The Kier molecular flexibility index (Phi) is 9.39. The monoisotopic (exact) mass is 412 g/mol. The van der Waals surface area contributed by atoms with E-state index in [1.54, 1.807) is 26.0 Å². The summed E-state index contributed by atoms with van der Waals surface area (Å²) < 4.78 is 16.1. The first-order valence-electron chi connectivity index (χ1n) is 10.6. The molecule has 5 heteroatoms. The summed E-state index contributed by atoms with van der Waals surface area (Å²) >= 11 is 0. The van der Waals surface area contributed by atoms with Gasteiger partial charge in [-0.1, -0.05) is 55.8 Å². The Hall–Kier alpha value is -2.82. The van der Waals surface area contributed by atoms with E-state index in [0.29, 0.717) is 12.0 Å². The smallest absolute Gasteiger partial charge is 0.459 e. The molecule has 30 heavy (non-hydrogen) atoms. The first-order chi connectivity index (χ1) is 14.4. The maximum Gasteiger partial charge on any atom is 0.508 e. The van der Waals surface area contributed by atoms with Gasteiger partial charge in [-0.05, 0) is 56.9 Å². The van der Waals surface area contributed by atoms with E-state index in [-0.39, 0.29) is 18.5 Å². The molecule has 0 saturated heterocycles. The second kappa shape index (κ2) is 12.0. The highest BCUT2D eigenvalue weighted by Gasteiger charge is 2.30. The number of esters is 1. The fourth-order valence-electron chi connectivity index (χ4n) is 3.41. The first-order valence-corrected chi connectivity index (χ1v) is 10.6. The van der Waals surface area contributed by atoms with Crippen LogP contribution in [0.5, 0.6) is 0 Å². The molecule has 0 spiro atoms. The van der Waals surface area contributed by atoms with Gasteiger partial charge in [-0.25, -0.2) is 9.59 Å². The van der Waals surface area contributed by atoms with E-state index in [2.05, 4.69) is 6.92 Å². The summed E-state index contributed by atoms with van der Waals surface area (Å²) in [5, 5.41) is 0. The lowest BCUT2D eigenvalue weighted by Crippen LogP contribution is -2.36. The van der Waals surface area contributed by atoms with Gasteiger partial charge in [-0.3, -0.25) is 0 Å². The van der Waals surface area contributed by atoms with Gasteiger partial charge in [0, 0.05) is 5.92 Å². The van der Waals surface area contributed by atoms with Crippen molar-refractivity contribution in [3.63, 3.8) is 0 Å². The Bertz CT molecular complexity index is 785. The Balaban J connectivity index is 2.10. The molecular weight excluding hydrogens is 380 g/mol. The molecular formula is C25H32O5. The van der Waals surface area contributed by atoms with Gasteiger partial charge in [-0.2, -0.15) is 0 Å². The van der Waals surface area contributed by atoms with Crippen molar-refractivity contribution in [3.05, 3.63) is 71.3 Å². The topological polar surface area (TPSA) is 61.8 Å². The highest BCUT2D eigenvalue weighted by Crippen LogP contribution is 2.23. The van der Waals surface area contributed by atoms with Gasteiger partial charge in [0.2, 0.25) is 0 Å². The molecule has 0 amide bonds. The minimum atomic E-state index is -0.715. The SMILES string of the molecule is CCCc1ccc(C(=O)OC(C)C(Cc2ccccc2)C(C)OC(=O)OCC)cc1. The molecule has 2 rings (SSSR count). The second-order valence-corrected chi connectivity index (χ2v) is 7.42. The van der Waals surface area contributed by atoms with Crippen LogP contribution in [0.4, 0.5) is 4.79 Å². The van der Waals surface area contributed by atoms with Gasteiger partial charge < -0.3 is 14.2 Å². The largest absolute Gasteiger partial charge is 0.508 e. The van der Waals surface area contributed by atoms with Gasteiger partial charge in [0.05, 0.1) is 12.2 Å². The van der Waals surface area contributed by atoms with Crippen molar-refractivity contribution in [2.24, 2.45) is 5.92 Å². The Morgan fingerprint density at radius 1 is 0.833 bits per heavy atom. The molecule has 0 bridgehead atoms. The Morgan fingerprint density at radius 2 is 1.47 bits per heavy atom. The normalized spacial score (nSPS) is 13.7. The molecule has 0 saturated carbocycles. The fraction of sp³-hybridized carbons (Fsp3) is 0.440. The van der Waals surface area contributed by atoms with E-state index in [1.807, 2.05) is 49.4 Å². The first kappa shape index (κ1) is 23.5. The molecule has 3 unspecified atom stereocenters. The molecule has 0 N–H and O–H groups in total. The molecule has 0 aromatic heterocycles. The van der Waals surface area contributed by atoms with Crippen molar-refractivity contribution in [2.45, 2.75) is 59.2 Å². The van der Waals surface area contributed by atoms with Gasteiger partial charge in [0.15, 0.2) is 0 Å². The van der Waals surface area contributed by atoms with Crippen LogP contribution in [0, 0.1) is 5.92 Å². The van der Waals surface area contributed by atoms with Crippen molar-refractivity contribution < 1.29 is 23.8 Å². The average Bonchev–Trinajstić information content (AvgIpc) is 2.73. The highest BCUT2D eigenvalue weighted by molar-refractivity contribution is 5.89. The average molecular weight is 413 g/mol. The number of carbonyl (C=O) groups is 2. The maximum absolute atomic E-state index is 12.7. The number of rotatable bonds is 10. The number of benzene rings is 2. The summed E-state index contributed by atoms with van der Waals surface area (Å²) in [6.07, 6.45) is 0.976. The molecule has 0 aliphatic rings. The van der Waals surface area contributed by atoms with Crippen LogP contribution in [-0.2, 0) is 27.1 Å². The van der Waals surface area contributed by atoms with E-state index < -0.39 is 18.4 Å². The van der Waals surface area contributed by atoms with Crippen LogP contribution in [0.2, 0.25) is 0 Å². The maximum atomic E-state index is 12.7. The zero-order chi connectivity index (χ0) is 21.9. The van der Waals surface area contributed by atoms with Crippen LogP contribution in [-0.4, -0.2) is 30.9 Å². The van der Waals surface area contributed by atoms with Gasteiger partial charge in [0.25, 0.3) is 0 Å². The molecule has 2 aromatic rings. The van der Waals surface area contributed by atoms with Crippen molar-refractivity contribution in [3.8, 4) is 0 Å². The lowest BCUT2D eigenvalue weighted by atomic mass is 9.90. The number of hydrogen-bond acceptors (Lipinski definition) is 5. The second-order valence-electron chi connectivity index (χ2n) is 7.42. The predicted molar refractivity (Wildman–Crippen MR) is 117 cm³/mol. The van der Waals surface area contributed by atoms with Crippen LogP contribution in [0.3, 0.4) is 0 Å². The number of ether oxygens (including phenoxy) is 3. The molecule has 5 nitrogen and oxygen atoms in total. The zero-order valence-electron chi connectivity index (χ0n) is 18.3. The van der Waals surface area contributed by atoms with E-state index in [9.17, 15) is 9.59 Å². The van der Waals surface area contributed by atoms with E-state index >= 15 is 0 Å². The van der Waals surface area contributed by atoms with Gasteiger partial charge in [-0.15, -0.1) is 0 Å². The minimum Gasteiger partial charge on any atom is -0.459 e. The molecule has 0 aliphatic heterocycles. The lowest BCUT2D eigenvalue weighted by molar-refractivity contribution is -0.0304. The quantitative estimate of drug-likeness (QED) is 0.475. The van der Waals surface area contributed by atoms with Crippen molar-refractivity contribution in [1.29, 1.82) is 0 Å². The van der Waals surface area contributed by atoms with E-state index in [0.717, 1.165) is 18.4 Å². The third-order valence-corrected chi connectivity index (χ3v) is 5.09. The summed E-state index contributed by atoms with van der Waals surface area (Å²) in [6, 6.07) is 17.4. The molecule has 0 aliphatic carbocycles. The summed E-state index contributed by atoms with van der Waals surface area (Å²) in [5.74, 6) is -0.605. The highest BCUT2D eigenvalue weighted by atomic mass is 16.7. The van der Waals surface area contributed by atoms with E-state index in [4.69, 9.17) is 14.2 Å². The van der Waals surface area contributed by atoms with Crippen molar-refractivity contribution in [2.75, 3.05) is 6.61 Å². The minimum absolute atomic E-state index is 0.222. The molecule has 0 radical (unpaired) electrons. The summed E-state index contributed by atoms with van der Waals surface area (Å²) in [7, 11) is 0. The molecule has 2 aromatic carbocycles. The summed E-state index contributed by atoms with van der Waals surface area (Å²) in [4.78, 5) is 24.5. The fourth-order valence-corrected chi connectivity index (χ4v) is 3.41. The predicted octanol–water partition coefficient (Wildman–Crippen LogP) is 5.60. The van der Waals surface area contributed by atoms with E-state index in [1.165, 1.54) is 5.56 Å². The van der Waals surface area contributed by atoms with Crippen LogP contribution >= 0.6 is 0 Å². The van der Waals surface area contributed by atoms with Crippen LogP contribution in [0.1, 0.15) is 55.6 Å². The Labute approximate surface area is 179 Å². The van der Waals surface area contributed by atoms with Gasteiger partial charge >= 0.3 is 12.1 Å². The molecule has 162 valence electrons. The van der Waals surface area contributed by atoms with Crippen LogP contribution in [0.25, 0.3) is 0 Å². The standard InChI is InChI=1S/C25H32O5/c1-5-10-20-13-15-22(16-14-20)24(26)29-18(3)23(17-21-11-8-7-9-12-21)19(4)30-25(27)28-6-2/h7-9,11-16,18-19,23H,5-6,10,17H2,1-4H3. The third kappa shape index (κ3) is 7.21. The zero-order valence-corrected chi connectivity index (χ0v) is 18.3.